The summed E-state index contributed by atoms with van der Waals surface area (Å²) in [6, 6.07) is 7.86. The number of aliphatic carboxylic acids is 1. The van der Waals surface area contributed by atoms with Gasteiger partial charge in [-0.15, -0.1) is 0 Å². The number of unbranched alkanes of at least 4 members (excludes halogenated alkanes) is 1. The van der Waals surface area contributed by atoms with Crippen molar-refractivity contribution in [3.63, 3.8) is 0 Å². The van der Waals surface area contributed by atoms with Gasteiger partial charge in [-0.1, -0.05) is 49.6 Å². The number of hydrogen-bond acceptors (Lipinski definition) is 2. The molecule has 0 radical (unpaired) electrons. The molecule has 0 bridgehead atoms. The molecular formula is C14H21NO2. The Labute approximate surface area is 103 Å². The predicted molar refractivity (Wildman–Crippen MR) is 69.0 cm³/mol. The number of carboxylic acids is 1. The summed E-state index contributed by atoms with van der Waals surface area (Å²) in [5.74, 6) is -0.910. The Balaban J connectivity index is 2.83. The molecular weight excluding hydrogens is 214 g/mol. The van der Waals surface area contributed by atoms with Crippen molar-refractivity contribution in [2.45, 2.75) is 45.1 Å². The van der Waals surface area contributed by atoms with Crippen LogP contribution < -0.4 is 5.73 Å². The third-order valence-corrected chi connectivity index (χ3v) is 3.00. The van der Waals surface area contributed by atoms with Gasteiger partial charge in [-0.25, -0.2) is 0 Å². The quantitative estimate of drug-likeness (QED) is 0.796. The molecule has 0 heterocycles. The molecule has 17 heavy (non-hydrogen) atoms. The highest BCUT2D eigenvalue weighted by atomic mass is 16.4. The summed E-state index contributed by atoms with van der Waals surface area (Å²) in [6.45, 7) is 4.03. The van der Waals surface area contributed by atoms with Crippen molar-refractivity contribution in [3.05, 3.63) is 35.4 Å². The van der Waals surface area contributed by atoms with E-state index in [0.29, 0.717) is 12.8 Å². The van der Waals surface area contributed by atoms with Crippen molar-refractivity contribution in [2.24, 2.45) is 5.73 Å². The van der Waals surface area contributed by atoms with Gasteiger partial charge >= 0.3 is 5.97 Å². The first-order valence-corrected chi connectivity index (χ1v) is 6.06. The Kier molecular flexibility index (Phi) is 4.70. The second-order valence-corrected chi connectivity index (χ2v) is 4.73. The Hall–Kier alpha value is -1.35. The molecule has 3 heteroatoms. The summed E-state index contributed by atoms with van der Waals surface area (Å²) < 4.78 is 0. The molecule has 1 rings (SSSR count). The zero-order chi connectivity index (χ0) is 12.9. The van der Waals surface area contributed by atoms with Gasteiger partial charge in [0, 0.05) is 6.42 Å². The van der Waals surface area contributed by atoms with E-state index in [1.165, 1.54) is 0 Å². The zero-order valence-electron chi connectivity index (χ0n) is 10.6. The van der Waals surface area contributed by atoms with Gasteiger partial charge in [0.1, 0.15) is 5.54 Å². The van der Waals surface area contributed by atoms with Crippen LogP contribution in [0.1, 0.15) is 37.3 Å². The van der Waals surface area contributed by atoms with E-state index in [-0.39, 0.29) is 0 Å². The Morgan fingerprint density at radius 2 is 2.18 bits per heavy atom. The largest absolute Gasteiger partial charge is 0.480 e. The lowest BCUT2D eigenvalue weighted by molar-refractivity contribution is -0.143. The topological polar surface area (TPSA) is 63.3 Å². The lowest BCUT2D eigenvalue weighted by atomic mass is 9.86. The summed E-state index contributed by atoms with van der Waals surface area (Å²) >= 11 is 0. The summed E-state index contributed by atoms with van der Waals surface area (Å²) in [6.07, 6.45) is 2.71. The molecule has 3 N–H and O–H groups in total. The second kappa shape index (κ2) is 5.82. The van der Waals surface area contributed by atoms with E-state index >= 15 is 0 Å². The van der Waals surface area contributed by atoms with Crippen LogP contribution in [0.15, 0.2) is 24.3 Å². The van der Waals surface area contributed by atoms with Gasteiger partial charge in [0.2, 0.25) is 0 Å². The molecule has 0 saturated carbocycles. The number of benzene rings is 1. The number of nitrogens with two attached hydrogens (primary N) is 1. The van der Waals surface area contributed by atoms with Gasteiger partial charge in [-0.2, -0.15) is 0 Å². The number of carboxylic acid groups (broad SMARTS) is 1. The van der Waals surface area contributed by atoms with Gasteiger partial charge in [-0.3, -0.25) is 4.79 Å². The van der Waals surface area contributed by atoms with Crippen molar-refractivity contribution in [3.8, 4) is 0 Å². The fourth-order valence-electron chi connectivity index (χ4n) is 1.95. The third kappa shape index (κ3) is 3.86. The minimum Gasteiger partial charge on any atom is -0.480 e. The molecule has 1 aromatic carbocycles. The number of aryl methyl sites for hydroxylation is 1. The van der Waals surface area contributed by atoms with Crippen molar-refractivity contribution in [1.82, 2.24) is 0 Å². The fourth-order valence-corrected chi connectivity index (χ4v) is 1.95. The first-order chi connectivity index (χ1) is 7.98. The lowest BCUT2D eigenvalue weighted by Gasteiger charge is -2.24. The van der Waals surface area contributed by atoms with Crippen LogP contribution in [0.2, 0.25) is 0 Å². The van der Waals surface area contributed by atoms with Gasteiger partial charge in [0.15, 0.2) is 0 Å². The molecule has 1 atom stereocenters. The first-order valence-electron chi connectivity index (χ1n) is 6.06. The Morgan fingerprint density at radius 3 is 2.71 bits per heavy atom. The molecule has 1 aromatic rings. The fraction of sp³-hybridized carbons (Fsp3) is 0.500. The standard InChI is InChI=1S/C14H21NO2/c1-3-4-8-14(15,13(16)17)10-12-7-5-6-11(2)9-12/h5-7,9H,3-4,8,10,15H2,1-2H3,(H,16,17)/t14-/m1/s1. The first kappa shape index (κ1) is 13.7. The van der Waals surface area contributed by atoms with Crippen LogP contribution in [0.25, 0.3) is 0 Å². The van der Waals surface area contributed by atoms with E-state index in [4.69, 9.17) is 5.73 Å². The van der Waals surface area contributed by atoms with E-state index in [1.807, 2.05) is 38.1 Å². The van der Waals surface area contributed by atoms with E-state index in [2.05, 4.69) is 0 Å². The molecule has 94 valence electrons. The molecule has 3 nitrogen and oxygen atoms in total. The number of hydrogen-bond donors (Lipinski definition) is 2. The van der Waals surface area contributed by atoms with Gasteiger partial charge in [0.25, 0.3) is 0 Å². The van der Waals surface area contributed by atoms with Crippen molar-refractivity contribution in [1.29, 1.82) is 0 Å². The maximum absolute atomic E-state index is 11.3. The van der Waals surface area contributed by atoms with Gasteiger partial charge in [-0.05, 0) is 18.9 Å². The van der Waals surface area contributed by atoms with Crippen LogP contribution >= 0.6 is 0 Å². The minimum atomic E-state index is -1.14. The molecule has 0 unspecified atom stereocenters. The van der Waals surface area contributed by atoms with E-state index in [9.17, 15) is 9.90 Å². The molecule has 0 aromatic heterocycles. The van der Waals surface area contributed by atoms with E-state index < -0.39 is 11.5 Å². The van der Waals surface area contributed by atoms with E-state index in [0.717, 1.165) is 24.0 Å². The summed E-state index contributed by atoms with van der Waals surface area (Å²) in [5.41, 5.74) is 7.00. The number of carbonyl (C=O) groups is 1. The average molecular weight is 235 g/mol. The molecule has 0 spiro atoms. The highest BCUT2D eigenvalue weighted by molar-refractivity contribution is 5.78. The van der Waals surface area contributed by atoms with Crippen LogP contribution in [0.5, 0.6) is 0 Å². The van der Waals surface area contributed by atoms with E-state index in [1.54, 1.807) is 0 Å². The maximum Gasteiger partial charge on any atom is 0.324 e. The summed E-state index contributed by atoms with van der Waals surface area (Å²) in [7, 11) is 0. The Bertz CT molecular complexity index is 390. The van der Waals surface area contributed by atoms with Crippen molar-refractivity contribution >= 4 is 5.97 Å². The second-order valence-electron chi connectivity index (χ2n) is 4.73. The smallest absolute Gasteiger partial charge is 0.324 e. The summed E-state index contributed by atoms with van der Waals surface area (Å²) in [5, 5.41) is 9.26. The van der Waals surface area contributed by atoms with Crippen molar-refractivity contribution in [2.75, 3.05) is 0 Å². The molecule has 0 aliphatic heterocycles. The molecule has 0 saturated heterocycles. The van der Waals surface area contributed by atoms with Crippen LogP contribution in [0.3, 0.4) is 0 Å². The van der Waals surface area contributed by atoms with Crippen LogP contribution in [0.4, 0.5) is 0 Å². The predicted octanol–water partition coefficient (Wildman–Crippen LogP) is 2.51. The van der Waals surface area contributed by atoms with Gasteiger partial charge < -0.3 is 10.8 Å². The summed E-state index contributed by atoms with van der Waals surface area (Å²) in [4.78, 5) is 11.3. The molecule has 0 fully saturated rings. The minimum absolute atomic E-state index is 0.393. The van der Waals surface area contributed by atoms with Crippen LogP contribution in [-0.4, -0.2) is 16.6 Å². The molecule has 0 amide bonds. The van der Waals surface area contributed by atoms with Gasteiger partial charge in [0.05, 0.1) is 0 Å². The Morgan fingerprint density at radius 1 is 1.47 bits per heavy atom. The monoisotopic (exact) mass is 235 g/mol. The number of rotatable bonds is 6. The zero-order valence-corrected chi connectivity index (χ0v) is 10.6. The highest BCUT2D eigenvalue weighted by Gasteiger charge is 2.33. The molecule has 0 aliphatic rings. The highest BCUT2D eigenvalue weighted by Crippen LogP contribution is 2.19. The van der Waals surface area contributed by atoms with Crippen LogP contribution in [0, 0.1) is 6.92 Å². The normalized spacial score (nSPS) is 14.3. The maximum atomic E-state index is 11.3. The third-order valence-electron chi connectivity index (χ3n) is 3.00. The molecule has 0 aliphatic carbocycles. The average Bonchev–Trinajstić information content (AvgIpc) is 2.26. The lowest BCUT2D eigenvalue weighted by Crippen LogP contribution is -2.49. The SMILES string of the molecule is CCCC[C@@](N)(Cc1cccc(C)c1)C(=O)O. The van der Waals surface area contributed by atoms with Crippen LogP contribution in [-0.2, 0) is 11.2 Å². The van der Waals surface area contributed by atoms with Crippen molar-refractivity contribution < 1.29 is 9.90 Å².